The van der Waals surface area contributed by atoms with Gasteiger partial charge in [0.15, 0.2) is 0 Å². The number of halogens is 4. The minimum absolute atomic E-state index is 0.172. The van der Waals surface area contributed by atoms with Gasteiger partial charge in [-0.15, -0.1) is 0 Å². The molecule has 1 aromatic heterocycles. The Balaban J connectivity index is 2.24. The summed E-state index contributed by atoms with van der Waals surface area (Å²) in [4.78, 5) is 14.2. The summed E-state index contributed by atoms with van der Waals surface area (Å²) in [5, 5.41) is 21.0. The molecule has 0 radical (unpaired) electrons. The quantitative estimate of drug-likeness (QED) is 0.326. The van der Waals surface area contributed by atoms with Gasteiger partial charge in [-0.2, -0.15) is 18.4 Å². The lowest BCUT2D eigenvalue weighted by atomic mass is 9.73. The van der Waals surface area contributed by atoms with E-state index in [1.807, 2.05) is 6.07 Å². The third-order valence-corrected chi connectivity index (χ3v) is 4.70. The molecular weight excluding hydrogens is 402 g/mol. The van der Waals surface area contributed by atoms with Gasteiger partial charge in [0, 0.05) is 24.8 Å². The number of rotatable bonds is 5. The first kappa shape index (κ1) is 20.9. The van der Waals surface area contributed by atoms with Crippen molar-refractivity contribution in [1.29, 1.82) is 5.26 Å². The van der Waals surface area contributed by atoms with Crippen LogP contribution in [0.25, 0.3) is 0 Å². The summed E-state index contributed by atoms with van der Waals surface area (Å²) in [6.45, 7) is 0. The Bertz CT molecular complexity index is 1110. The van der Waals surface area contributed by atoms with Crippen LogP contribution in [0.5, 0.6) is 0 Å². The van der Waals surface area contributed by atoms with Crippen molar-refractivity contribution in [3.8, 4) is 6.07 Å². The molecule has 0 saturated heterocycles. The number of non-ortho nitro benzene ring substituents is 1. The molecule has 0 fully saturated rings. The van der Waals surface area contributed by atoms with Crippen LogP contribution in [-0.4, -0.2) is 9.91 Å². The highest BCUT2D eigenvalue weighted by molar-refractivity contribution is 5.49. The highest BCUT2D eigenvalue weighted by Crippen LogP contribution is 2.40. The number of nitrogens with zero attached hydrogens (tertiary/aromatic N) is 3. The lowest BCUT2D eigenvalue weighted by Crippen LogP contribution is -2.31. The summed E-state index contributed by atoms with van der Waals surface area (Å²) < 4.78 is 54.4. The SMILES string of the molecule is N#CC(Cc1ccc([N+](=O)[O-])cc1C(F)(F)F)(c1ccc(F)cc1)c1ccccn1. The number of nitriles is 1. The van der Waals surface area contributed by atoms with Gasteiger partial charge >= 0.3 is 6.18 Å². The van der Waals surface area contributed by atoms with Gasteiger partial charge in [-0.1, -0.05) is 24.3 Å². The van der Waals surface area contributed by atoms with Gasteiger partial charge in [0.05, 0.1) is 22.2 Å². The van der Waals surface area contributed by atoms with Crippen molar-refractivity contribution in [2.24, 2.45) is 0 Å². The number of nitro benzene ring substituents is 1. The lowest BCUT2D eigenvalue weighted by Gasteiger charge is -2.28. The van der Waals surface area contributed by atoms with E-state index in [9.17, 15) is 32.9 Å². The first-order chi connectivity index (χ1) is 14.2. The molecule has 1 unspecified atom stereocenters. The van der Waals surface area contributed by atoms with Crippen LogP contribution in [0.15, 0.2) is 66.9 Å². The molecule has 1 atom stereocenters. The van der Waals surface area contributed by atoms with Gasteiger partial charge in [-0.25, -0.2) is 4.39 Å². The molecule has 0 N–H and O–H groups in total. The minimum Gasteiger partial charge on any atom is -0.259 e. The number of aromatic nitrogens is 1. The number of pyridine rings is 1. The van der Waals surface area contributed by atoms with E-state index in [1.165, 1.54) is 24.4 Å². The van der Waals surface area contributed by atoms with E-state index >= 15 is 0 Å². The van der Waals surface area contributed by atoms with E-state index in [2.05, 4.69) is 4.98 Å². The predicted molar refractivity (Wildman–Crippen MR) is 98.8 cm³/mol. The molecule has 9 heteroatoms. The second kappa shape index (κ2) is 7.91. The second-order valence-electron chi connectivity index (χ2n) is 6.51. The molecule has 0 spiro atoms. The maximum absolute atomic E-state index is 13.7. The number of hydrogen-bond acceptors (Lipinski definition) is 4. The summed E-state index contributed by atoms with van der Waals surface area (Å²) in [5.74, 6) is -0.571. The molecular formula is C21H13F4N3O2. The molecule has 30 heavy (non-hydrogen) atoms. The second-order valence-corrected chi connectivity index (χ2v) is 6.51. The summed E-state index contributed by atoms with van der Waals surface area (Å²) >= 11 is 0. The lowest BCUT2D eigenvalue weighted by molar-refractivity contribution is -0.385. The molecule has 3 rings (SSSR count). The van der Waals surface area contributed by atoms with Crippen LogP contribution in [0.2, 0.25) is 0 Å². The van der Waals surface area contributed by atoms with Crippen molar-refractivity contribution in [2.75, 3.05) is 0 Å². The van der Waals surface area contributed by atoms with Crippen molar-refractivity contribution >= 4 is 5.69 Å². The number of nitro groups is 1. The number of alkyl halides is 3. The molecule has 0 saturated carbocycles. The maximum Gasteiger partial charge on any atom is 0.416 e. The highest BCUT2D eigenvalue weighted by atomic mass is 19.4. The molecule has 152 valence electrons. The first-order valence-corrected chi connectivity index (χ1v) is 8.61. The molecule has 3 aromatic rings. The standard InChI is InChI=1S/C21H13F4N3O2/c22-16-7-5-15(6-8-16)20(13-26,19-3-1-2-10-27-19)12-14-4-9-17(28(29)30)11-18(14)21(23,24)25/h1-11H,12H2. The van der Waals surface area contributed by atoms with E-state index in [0.717, 1.165) is 24.3 Å². The van der Waals surface area contributed by atoms with Crippen molar-refractivity contribution in [1.82, 2.24) is 4.98 Å². The van der Waals surface area contributed by atoms with Gasteiger partial charge < -0.3 is 0 Å². The zero-order valence-corrected chi connectivity index (χ0v) is 15.2. The molecule has 0 aliphatic carbocycles. The monoisotopic (exact) mass is 415 g/mol. The van der Waals surface area contributed by atoms with Gasteiger partial charge in [-0.05, 0) is 35.4 Å². The fourth-order valence-electron chi connectivity index (χ4n) is 3.23. The maximum atomic E-state index is 13.7. The average Bonchev–Trinajstić information content (AvgIpc) is 2.72. The van der Waals surface area contributed by atoms with E-state index in [1.54, 1.807) is 12.1 Å². The van der Waals surface area contributed by atoms with Gasteiger partial charge in [0.2, 0.25) is 0 Å². The topological polar surface area (TPSA) is 79.8 Å². The molecule has 0 amide bonds. The van der Waals surface area contributed by atoms with Gasteiger partial charge in [0.25, 0.3) is 5.69 Å². The van der Waals surface area contributed by atoms with Crippen molar-refractivity contribution in [3.63, 3.8) is 0 Å². The van der Waals surface area contributed by atoms with E-state index in [0.29, 0.717) is 6.07 Å². The smallest absolute Gasteiger partial charge is 0.259 e. The van der Waals surface area contributed by atoms with Crippen molar-refractivity contribution in [3.05, 3.63) is 105 Å². The van der Waals surface area contributed by atoms with Crippen LogP contribution in [0.4, 0.5) is 23.2 Å². The zero-order valence-electron chi connectivity index (χ0n) is 15.2. The Morgan fingerprint density at radius 2 is 1.77 bits per heavy atom. The Morgan fingerprint density at radius 1 is 1.07 bits per heavy atom. The summed E-state index contributed by atoms with van der Waals surface area (Å²) in [5.41, 5.74) is -3.50. The molecule has 0 bridgehead atoms. The Labute approximate surface area is 168 Å². The van der Waals surface area contributed by atoms with Crippen molar-refractivity contribution < 1.29 is 22.5 Å². The van der Waals surface area contributed by atoms with Crippen LogP contribution in [-0.2, 0) is 18.0 Å². The van der Waals surface area contributed by atoms with Gasteiger partial charge in [-0.3, -0.25) is 15.1 Å². The van der Waals surface area contributed by atoms with Crippen LogP contribution in [0.1, 0.15) is 22.4 Å². The Morgan fingerprint density at radius 3 is 2.30 bits per heavy atom. The number of hydrogen-bond donors (Lipinski definition) is 0. The summed E-state index contributed by atoms with van der Waals surface area (Å²) in [6, 6.07) is 13.9. The van der Waals surface area contributed by atoms with Gasteiger partial charge in [0.1, 0.15) is 11.2 Å². The van der Waals surface area contributed by atoms with Crippen LogP contribution < -0.4 is 0 Å². The molecule has 1 heterocycles. The van der Waals surface area contributed by atoms with Crippen LogP contribution >= 0.6 is 0 Å². The normalized spacial score (nSPS) is 13.3. The average molecular weight is 415 g/mol. The fourth-order valence-corrected chi connectivity index (χ4v) is 3.23. The minimum atomic E-state index is -4.88. The largest absolute Gasteiger partial charge is 0.416 e. The predicted octanol–water partition coefficient (Wildman–Crippen LogP) is 5.20. The summed E-state index contributed by atoms with van der Waals surface area (Å²) in [7, 11) is 0. The fraction of sp³-hybridized carbons (Fsp3) is 0.143. The third-order valence-electron chi connectivity index (χ3n) is 4.70. The molecule has 0 aliphatic rings. The first-order valence-electron chi connectivity index (χ1n) is 8.61. The summed E-state index contributed by atoms with van der Waals surface area (Å²) in [6.07, 6.45) is -3.96. The third kappa shape index (κ3) is 3.98. The Kier molecular flexibility index (Phi) is 5.52. The number of benzene rings is 2. The molecule has 0 aliphatic heterocycles. The Hall–Kier alpha value is -3.80. The van der Waals surface area contributed by atoms with E-state index in [4.69, 9.17) is 0 Å². The van der Waals surface area contributed by atoms with Crippen LogP contribution in [0, 0.1) is 27.3 Å². The molecule has 5 nitrogen and oxygen atoms in total. The van der Waals surface area contributed by atoms with Crippen molar-refractivity contribution in [2.45, 2.75) is 18.0 Å². The van der Waals surface area contributed by atoms with E-state index in [-0.39, 0.29) is 16.8 Å². The van der Waals surface area contributed by atoms with Crippen LogP contribution in [0.3, 0.4) is 0 Å². The zero-order chi connectivity index (χ0) is 21.9. The molecule has 2 aromatic carbocycles. The van der Waals surface area contributed by atoms with E-state index < -0.39 is 40.0 Å². The highest BCUT2D eigenvalue weighted by Gasteiger charge is 2.41.